The maximum Gasteiger partial charge on any atom is 0.266 e. The predicted molar refractivity (Wildman–Crippen MR) is 193 cm³/mol. The van der Waals surface area contributed by atoms with Crippen molar-refractivity contribution in [1.29, 1.82) is 10.5 Å². The van der Waals surface area contributed by atoms with Crippen molar-refractivity contribution in [3.8, 4) is 34.4 Å². The monoisotopic (exact) mass is 688 g/mol. The Morgan fingerprint density at radius 3 is 1.60 bits per heavy atom. The summed E-state index contributed by atoms with van der Waals surface area (Å²) in [5.74, 6) is -2.62. The lowest BCUT2D eigenvalue weighted by atomic mass is 9.78. The Hall–Kier alpha value is -6.46. The standard InChI is InChI=1S/C42H32N4O6/c1-23(2)17-30(22-48)46-40(50)34-19-31(27-9-3-25(20-43)4-10-27)37-35-33(39(49)45(41(37)51)29-13-7-24(8-14-29)15-16-47)18-32(38(36(34)35)42(46)52)28-11-5-26(21-44)6-12-28/h3-14,18-19,23,30,47-48H,15-17,22H2,1-2H3. The zero-order chi connectivity index (χ0) is 36.8. The number of aliphatic hydroxyl groups excluding tert-OH is 2. The van der Waals surface area contributed by atoms with E-state index in [-0.39, 0.29) is 45.6 Å². The van der Waals surface area contributed by atoms with Gasteiger partial charge in [0, 0.05) is 28.5 Å². The van der Waals surface area contributed by atoms with Gasteiger partial charge in [-0.15, -0.1) is 0 Å². The number of carbonyl (C=O) groups is 4. The van der Waals surface area contributed by atoms with E-state index in [0.29, 0.717) is 51.9 Å². The molecule has 5 aromatic carbocycles. The van der Waals surface area contributed by atoms with Gasteiger partial charge < -0.3 is 10.2 Å². The first-order valence-corrected chi connectivity index (χ1v) is 16.9. The largest absolute Gasteiger partial charge is 0.396 e. The van der Waals surface area contributed by atoms with E-state index in [4.69, 9.17) is 0 Å². The van der Waals surface area contributed by atoms with Crippen molar-refractivity contribution in [2.75, 3.05) is 18.1 Å². The molecule has 4 amide bonds. The Morgan fingerprint density at radius 2 is 1.13 bits per heavy atom. The third-order valence-corrected chi connectivity index (χ3v) is 9.70. The fourth-order valence-electron chi connectivity index (χ4n) is 7.30. The molecule has 0 bridgehead atoms. The first kappa shape index (κ1) is 34.0. The maximum atomic E-state index is 14.8. The molecule has 256 valence electrons. The number of carbonyl (C=O) groups excluding carboxylic acids is 4. The molecule has 0 radical (unpaired) electrons. The van der Waals surface area contributed by atoms with Gasteiger partial charge in [-0.3, -0.25) is 24.1 Å². The molecule has 7 rings (SSSR count). The van der Waals surface area contributed by atoms with Crippen LogP contribution in [0.15, 0.2) is 84.9 Å². The van der Waals surface area contributed by atoms with E-state index in [1.54, 1.807) is 84.9 Å². The van der Waals surface area contributed by atoms with Crippen LogP contribution in [0.4, 0.5) is 5.69 Å². The Labute approximate surface area is 299 Å². The molecule has 10 nitrogen and oxygen atoms in total. The van der Waals surface area contributed by atoms with Crippen molar-refractivity contribution in [3.05, 3.63) is 124 Å². The summed E-state index contributed by atoms with van der Waals surface area (Å²) in [5, 5.41) is 39.2. The Morgan fingerprint density at radius 1 is 0.635 bits per heavy atom. The van der Waals surface area contributed by atoms with E-state index in [9.17, 15) is 39.9 Å². The zero-order valence-electron chi connectivity index (χ0n) is 28.4. The van der Waals surface area contributed by atoms with Gasteiger partial charge in [0.1, 0.15) is 0 Å². The van der Waals surface area contributed by atoms with Crippen LogP contribution in [0.3, 0.4) is 0 Å². The highest BCUT2D eigenvalue weighted by atomic mass is 16.3. The number of anilines is 1. The van der Waals surface area contributed by atoms with Gasteiger partial charge in [0.25, 0.3) is 23.6 Å². The van der Waals surface area contributed by atoms with Crippen molar-refractivity contribution < 1.29 is 29.4 Å². The molecule has 1 atom stereocenters. The van der Waals surface area contributed by atoms with E-state index < -0.39 is 36.3 Å². The summed E-state index contributed by atoms with van der Waals surface area (Å²) in [7, 11) is 0. The second-order valence-corrected chi connectivity index (χ2v) is 13.4. The fraction of sp³-hybridized carbons (Fsp3) is 0.190. The van der Waals surface area contributed by atoms with Crippen LogP contribution in [0.1, 0.15) is 78.4 Å². The summed E-state index contributed by atoms with van der Waals surface area (Å²) in [6, 6.07) is 26.2. The third-order valence-electron chi connectivity index (χ3n) is 9.70. The van der Waals surface area contributed by atoms with Crippen molar-refractivity contribution in [2.45, 2.75) is 32.7 Å². The Balaban J connectivity index is 1.59. The zero-order valence-corrected chi connectivity index (χ0v) is 28.4. The van der Waals surface area contributed by atoms with Gasteiger partial charge >= 0.3 is 0 Å². The number of hydrogen-bond donors (Lipinski definition) is 2. The van der Waals surface area contributed by atoms with Crippen LogP contribution in [0.5, 0.6) is 0 Å². The van der Waals surface area contributed by atoms with Crippen LogP contribution in [0.2, 0.25) is 0 Å². The van der Waals surface area contributed by atoms with Gasteiger partial charge in [-0.05, 0) is 95.1 Å². The molecule has 2 aliphatic rings. The van der Waals surface area contributed by atoms with Crippen LogP contribution in [0, 0.1) is 28.6 Å². The molecule has 0 aliphatic carbocycles. The molecule has 0 saturated heterocycles. The molecule has 2 heterocycles. The van der Waals surface area contributed by atoms with Gasteiger partial charge in [0.05, 0.1) is 52.7 Å². The number of imide groups is 2. The van der Waals surface area contributed by atoms with Crippen LogP contribution in [0.25, 0.3) is 33.0 Å². The molecular formula is C42H32N4O6. The number of benzene rings is 5. The molecule has 2 aliphatic heterocycles. The van der Waals surface area contributed by atoms with Crippen LogP contribution in [-0.2, 0) is 6.42 Å². The first-order chi connectivity index (χ1) is 25.1. The van der Waals surface area contributed by atoms with E-state index in [1.165, 1.54) is 0 Å². The van der Waals surface area contributed by atoms with E-state index in [2.05, 4.69) is 12.1 Å². The number of rotatable bonds is 9. The lowest BCUT2D eigenvalue weighted by molar-refractivity contribution is 0.0444. The van der Waals surface area contributed by atoms with Gasteiger partial charge in [-0.2, -0.15) is 10.5 Å². The molecule has 0 saturated carbocycles. The average Bonchev–Trinajstić information content (AvgIpc) is 3.16. The second-order valence-electron chi connectivity index (χ2n) is 13.4. The number of nitriles is 2. The summed E-state index contributed by atoms with van der Waals surface area (Å²) in [6.07, 6.45) is 0.723. The molecule has 10 heteroatoms. The van der Waals surface area contributed by atoms with Crippen molar-refractivity contribution in [3.63, 3.8) is 0 Å². The summed E-state index contributed by atoms with van der Waals surface area (Å²) >= 11 is 0. The highest BCUT2D eigenvalue weighted by Gasteiger charge is 2.45. The lowest BCUT2D eigenvalue weighted by Gasteiger charge is -2.37. The molecule has 0 aromatic heterocycles. The van der Waals surface area contributed by atoms with Gasteiger partial charge in [-0.1, -0.05) is 50.2 Å². The number of amides is 4. The predicted octanol–water partition coefficient (Wildman–Crippen LogP) is 6.26. The van der Waals surface area contributed by atoms with Gasteiger partial charge in [0.15, 0.2) is 0 Å². The summed E-state index contributed by atoms with van der Waals surface area (Å²) < 4.78 is 0. The number of hydrogen-bond acceptors (Lipinski definition) is 8. The topological polar surface area (TPSA) is 163 Å². The number of nitrogens with zero attached hydrogens (tertiary/aromatic N) is 4. The first-order valence-electron chi connectivity index (χ1n) is 16.9. The fourth-order valence-corrected chi connectivity index (χ4v) is 7.30. The Bertz CT molecular complexity index is 2400. The smallest absolute Gasteiger partial charge is 0.266 e. The van der Waals surface area contributed by atoms with E-state index >= 15 is 0 Å². The van der Waals surface area contributed by atoms with Crippen molar-refractivity contribution >= 4 is 40.1 Å². The lowest BCUT2D eigenvalue weighted by Crippen LogP contribution is -2.50. The van der Waals surface area contributed by atoms with E-state index in [1.807, 2.05) is 13.8 Å². The molecular weight excluding hydrogens is 656 g/mol. The molecule has 1 unspecified atom stereocenters. The quantitative estimate of drug-likeness (QED) is 0.172. The molecule has 5 aromatic rings. The highest BCUT2D eigenvalue weighted by Crippen LogP contribution is 2.47. The van der Waals surface area contributed by atoms with Gasteiger partial charge in [0.2, 0.25) is 0 Å². The van der Waals surface area contributed by atoms with Crippen molar-refractivity contribution in [1.82, 2.24) is 4.90 Å². The Kier molecular flexibility index (Phi) is 8.73. The molecule has 52 heavy (non-hydrogen) atoms. The summed E-state index contributed by atoms with van der Waals surface area (Å²) in [4.78, 5) is 60.9. The van der Waals surface area contributed by atoms with Crippen LogP contribution in [-0.4, -0.2) is 58.0 Å². The minimum Gasteiger partial charge on any atom is -0.396 e. The SMILES string of the molecule is CC(C)CC(CO)N1C(=O)c2cc(-c3ccc(C#N)cc3)c3c4c(cc(-c5ccc(C#N)cc5)c(c24)C1=O)C(=O)N(c1ccc(CCO)cc1)C3=O. The summed E-state index contributed by atoms with van der Waals surface area (Å²) in [5.41, 5.74) is 3.94. The molecule has 2 N–H and O–H groups in total. The van der Waals surface area contributed by atoms with Crippen molar-refractivity contribution in [2.24, 2.45) is 5.92 Å². The summed E-state index contributed by atoms with van der Waals surface area (Å²) in [6.45, 7) is 3.31. The third kappa shape index (κ3) is 5.42. The van der Waals surface area contributed by atoms with E-state index in [0.717, 1.165) is 15.4 Å². The average molecular weight is 689 g/mol. The minimum atomic E-state index is -0.852. The molecule has 0 spiro atoms. The minimum absolute atomic E-state index is 0.0284. The second kappa shape index (κ2) is 13.3. The normalized spacial score (nSPS) is 14.2. The van der Waals surface area contributed by atoms with Crippen LogP contribution < -0.4 is 4.90 Å². The number of aliphatic hydroxyl groups is 2. The van der Waals surface area contributed by atoms with Gasteiger partial charge in [-0.25, -0.2) is 4.90 Å². The highest BCUT2D eigenvalue weighted by molar-refractivity contribution is 6.41. The molecule has 0 fully saturated rings. The van der Waals surface area contributed by atoms with Crippen LogP contribution >= 0.6 is 0 Å². The maximum absolute atomic E-state index is 14.8.